The molecule has 5 rings (SSSR count). The van der Waals surface area contributed by atoms with Crippen LogP contribution in [0.25, 0.3) is 5.32 Å². The Morgan fingerprint density at radius 2 is 1.58 bits per heavy atom. The number of Topliss-reactive ketones (excluding diaryl/α,β-unsaturated/α-hetero) is 1. The average molecular weight is 473 g/mol. The fraction of sp³-hybridized carbons (Fsp3) is 0.360. The number of para-hydroxylation sites is 1. The first-order valence-electron chi connectivity index (χ1n) is 11.1. The Hall–Kier alpha value is -1.93. The Labute approximate surface area is 216 Å². The second kappa shape index (κ2) is 9.74. The van der Waals surface area contributed by atoms with Gasteiger partial charge in [-0.3, -0.25) is 9.59 Å². The van der Waals surface area contributed by atoms with Crippen molar-refractivity contribution in [1.29, 1.82) is 0 Å². The van der Waals surface area contributed by atoms with E-state index in [0.29, 0.717) is 6.54 Å². The molecule has 2 aromatic carbocycles. The minimum atomic E-state index is -3.77. The normalized spacial score (nSPS) is 24.5. The molecule has 2 atom stereocenters. The zero-order valence-electron chi connectivity index (χ0n) is 18.7. The number of amides is 1. The van der Waals surface area contributed by atoms with Crippen LogP contribution in [0, 0.1) is 11.8 Å². The summed E-state index contributed by atoms with van der Waals surface area (Å²) in [6, 6.07) is 15.5. The zero-order chi connectivity index (χ0) is 22.3. The van der Waals surface area contributed by atoms with E-state index in [2.05, 4.69) is 5.32 Å². The van der Waals surface area contributed by atoms with Gasteiger partial charge in [0, 0.05) is 12.0 Å². The van der Waals surface area contributed by atoms with Crippen molar-refractivity contribution in [3.8, 4) is 0 Å². The number of benzene rings is 2. The fourth-order valence-electron chi connectivity index (χ4n) is 5.22. The van der Waals surface area contributed by atoms with Crippen LogP contribution in [0.2, 0.25) is 0 Å². The van der Waals surface area contributed by atoms with Crippen molar-refractivity contribution >= 4 is 27.2 Å². The molecule has 2 heterocycles. The predicted molar refractivity (Wildman–Crippen MR) is 121 cm³/mol. The minimum absolute atomic E-state index is 0. The van der Waals surface area contributed by atoms with Crippen LogP contribution in [0.5, 0.6) is 0 Å². The summed E-state index contributed by atoms with van der Waals surface area (Å²) in [5, 5.41) is 5.47. The van der Waals surface area contributed by atoms with Crippen molar-refractivity contribution in [2.75, 3.05) is 0 Å². The van der Waals surface area contributed by atoms with Gasteiger partial charge in [0.1, 0.15) is 5.92 Å². The number of ketones is 1. The SMILES string of the molecule is O=C1C(C2=CS(=O)(=O)c3ccccc3[N-]2)C(=O)N(Cc2ccccc2)[C@H]1C1CCCCC1.[Na+]. The molecule has 2 aromatic rings. The third-order valence-corrected chi connectivity index (χ3v) is 8.24. The van der Waals surface area contributed by atoms with Crippen LogP contribution < -0.4 is 29.6 Å². The van der Waals surface area contributed by atoms with E-state index in [-0.39, 0.29) is 63.4 Å². The molecule has 3 aliphatic rings. The van der Waals surface area contributed by atoms with E-state index in [9.17, 15) is 18.0 Å². The summed E-state index contributed by atoms with van der Waals surface area (Å²) in [4.78, 5) is 29.1. The molecule has 0 radical (unpaired) electrons. The molecule has 8 heteroatoms. The van der Waals surface area contributed by atoms with Crippen molar-refractivity contribution in [2.45, 2.75) is 49.6 Å². The minimum Gasteiger partial charge on any atom is -0.659 e. The van der Waals surface area contributed by atoms with Gasteiger partial charge in [0.2, 0.25) is 5.91 Å². The second-order valence-electron chi connectivity index (χ2n) is 8.80. The predicted octanol–water partition coefficient (Wildman–Crippen LogP) is 1.50. The Morgan fingerprint density at radius 1 is 0.909 bits per heavy atom. The molecular weight excluding hydrogens is 447 g/mol. The Balaban J connectivity index is 0.00000259. The molecule has 6 nitrogen and oxygen atoms in total. The van der Waals surface area contributed by atoms with Crippen molar-refractivity contribution < 1.29 is 47.6 Å². The summed E-state index contributed by atoms with van der Waals surface area (Å²) in [6.45, 7) is 0.333. The van der Waals surface area contributed by atoms with Crippen LogP contribution in [0.15, 0.2) is 70.6 Å². The van der Waals surface area contributed by atoms with Crippen LogP contribution in [0.3, 0.4) is 0 Å². The molecule has 1 amide bonds. The van der Waals surface area contributed by atoms with Gasteiger partial charge < -0.3 is 10.2 Å². The fourth-order valence-corrected chi connectivity index (χ4v) is 6.53. The van der Waals surface area contributed by atoms with Crippen LogP contribution in [-0.4, -0.2) is 31.0 Å². The van der Waals surface area contributed by atoms with E-state index in [1.54, 1.807) is 23.1 Å². The summed E-state index contributed by atoms with van der Waals surface area (Å²) in [5.41, 5.74) is 1.26. The van der Waals surface area contributed by atoms with Crippen molar-refractivity contribution in [3.63, 3.8) is 0 Å². The molecule has 2 fully saturated rings. The maximum absolute atomic E-state index is 13.7. The topological polar surface area (TPSA) is 85.6 Å². The molecule has 0 spiro atoms. The van der Waals surface area contributed by atoms with Gasteiger partial charge in [-0.25, -0.2) is 8.42 Å². The molecule has 0 bridgehead atoms. The number of fused-ring (bicyclic) bond motifs is 1. The maximum atomic E-state index is 13.7. The van der Waals surface area contributed by atoms with Gasteiger partial charge in [-0.15, -0.1) is 11.4 Å². The number of nitrogens with zero attached hydrogens (tertiary/aromatic N) is 2. The van der Waals surface area contributed by atoms with E-state index in [1.165, 1.54) is 6.07 Å². The quantitative estimate of drug-likeness (QED) is 0.499. The molecule has 166 valence electrons. The smallest absolute Gasteiger partial charge is 0.659 e. The van der Waals surface area contributed by atoms with E-state index in [4.69, 9.17) is 0 Å². The van der Waals surface area contributed by atoms with E-state index in [1.807, 2.05) is 30.3 Å². The van der Waals surface area contributed by atoms with Crippen LogP contribution in [-0.2, 0) is 26.0 Å². The largest absolute Gasteiger partial charge is 1.00 e. The summed E-state index contributed by atoms with van der Waals surface area (Å²) in [7, 11) is -3.77. The van der Waals surface area contributed by atoms with Gasteiger partial charge in [-0.2, -0.15) is 0 Å². The first kappa shape index (κ1) is 24.2. The Kier molecular flexibility index (Phi) is 7.15. The van der Waals surface area contributed by atoms with Gasteiger partial charge in [0.15, 0.2) is 15.6 Å². The molecule has 2 aliphatic heterocycles. The van der Waals surface area contributed by atoms with Gasteiger partial charge in [-0.05, 0) is 30.4 Å². The van der Waals surface area contributed by atoms with Crippen LogP contribution in [0.4, 0.5) is 5.69 Å². The third-order valence-electron chi connectivity index (χ3n) is 6.73. The summed E-state index contributed by atoms with van der Waals surface area (Å²) < 4.78 is 25.7. The molecule has 0 aromatic heterocycles. The third kappa shape index (κ3) is 4.56. The van der Waals surface area contributed by atoms with Crippen LogP contribution >= 0.6 is 0 Å². The van der Waals surface area contributed by atoms with Crippen molar-refractivity contribution in [3.05, 3.63) is 76.6 Å². The standard InChI is InChI=1S/C25H25N2O4S.Na/c28-24-22(20-16-32(30,31)21-14-8-7-13-19(21)26-20)25(29)27(15-17-9-3-1-4-10-17)23(24)18-11-5-2-6-12-18;/h1,3-4,7-10,13-14,16,18,22-23H,2,5-6,11-12,15H2;/q-1;+1/t22?,23-;/m0./s1. The van der Waals surface area contributed by atoms with Gasteiger partial charge in [0.05, 0.1) is 10.9 Å². The average Bonchev–Trinajstić information content (AvgIpc) is 3.04. The zero-order valence-corrected chi connectivity index (χ0v) is 21.5. The Morgan fingerprint density at radius 3 is 2.30 bits per heavy atom. The van der Waals surface area contributed by atoms with Crippen molar-refractivity contribution in [2.24, 2.45) is 11.8 Å². The number of sulfone groups is 1. The maximum Gasteiger partial charge on any atom is 1.00 e. The first-order valence-corrected chi connectivity index (χ1v) is 12.7. The molecule has 0 N–H and O–H groups in total. The van der Waals surface area contributed by atoms with E-state index < -0.39 is 21.8 Å². The number of likely N-dealkylation sites (tertiary alicyclic amines) is 1. The first-order chi connectivity index (χ1) is 15.5. The summed E-state index contributed by atoms with van der Waals surface area (Å²) in [5.74, 6) is -1.64. The number of hydrogen-bond acceptors (Lipinski definition) is 4. The van der Waals surface area contributed by atoms with Gasteiger partial charge in [-0.1, -0.05) is 67.8 Å². The molecule has 1 saturated heterocycles. The molecule has 1 aliphatic carbocycles. The van der Waals surface area contributed by atoms with Crippen LogP contribution in [0.1, 0.15) is 37.7 Å². The van der Waals surface area contributed by atoms with Crippen molar-refractivity contribution in [1.82, 2.24) is 4.90 Å². The summed E-state index contributed by atoms with van der Waals surface area (Å²) in [6.07, 6.45) is 5.03. The van der Waals surface area contributed by atoms with Gasteiger partial charge in [0.25, 0.3) is 0 Å². The monoisotopic (exact) mass is 472 g/mol. The summed E-state index contributed by atoms with van der Waals surface area (Å²) >= 11 is 0. The molecule has 33 heavy (non-hydrogen) atoms. The molecular formula is C25H25N2NaO4S. The number of hydrogen-bond donors (Lipinski definition) is 0. The molecule has 1 saturated carbocycles. The Bertz CT molecular complexity index is 1190. The van der Waals surface area contributed by atoms with E-state index >= 15 is 0 Å². The number of carbonyl (C=O) groups excluding carboxylic acids is 2. The number of rotatable bonds is 4. The molecule has 1 unspecified atom stereocenters. The van der Waals surface area contributed by atoms with Gasteiger partial charge >= 0.3 is 29.6 Å². The number of carbonyl (C=O) groups is 2. The van der Waals surface area contributed by atoms with E-state index in [0.717, 1.165) is 43.1 Å². The second-order valence-corrected chi connectivity index (χ2v) is 10.6.